The summed E-state index contributed by atoms with van der Waals surface area (Å²) in [6, 6.07) is 17.5. The Hall–Kier alpha value is -2.16. The van der Waals surface area contributed by atoms with Crippen molar-refractivity contribution in [3.05, 3.63) is 92.5 Å². The van der Waals surface area contributed by atoms with Crippen LogP contribution in [0.4, 0.5) is 11.4 Å². The number of nitrogen functional groups attached to an aromatic ring is 2. The molecular formula is C21H20Cl2N2. The van der Waals surface area contributed by atoms with E-state index in [1.54, 1.807) is 6.07 Å². The van der Waals surface area contributed by atoms with Crippen molar-refractivity contribution in [2.75, 3.05) is 11.5 Å². The standard InChI is InChI=1S/C21H20Cl2N2/c1-12-3-6-15(24)10-18(12)21(17-8-5-14(22)9-20(17)23)19-11-16(25)7-4-13(19)2/h3-11,21H,24-25H2,1-2H3. The smallest absolute Gasteiger partial charge is 0.0462 e. The maximum absolute atomic E-state index is 6.56. The Bertz CT molecular complexity index is 884. The highest BCUT2D eigenvalue weighted by atomic mass is 35.5. The molecule has 0 saturated carbocycles. The van der Waals surface area contributed by atoms with Crippen molar-refractivity contribution in [2.24, 2.45) is 0 Å². The van der Waals surface area contributed by atoms with E-state index in [1.807, 2.05) is 48.5 Å². The summed E-state index contributed by atoms with van der Waals surface area (Å²) in [4.78, 5) is 0. The Morgan fingerprint density at radius 3 is 1.68 bits per heavy atom. The van der Waals surface area contributed by atoms with E-state index in [0.29, 0.717) is 10.0 Å². The number of hydrogen-bond donors (Lipinski definition) is 2. The van der Waals surface area contributed by atoms with Gasteiger partial charge in [-0.15, -0.1) is 0 Å². The zero-order chi connectivity index (χ0) is 18.1. The second-order valence-corrected chi connectivity index (χ2v) is 7.17. The highest BCUT2D eigenvalue weighted by Gasteiger charge is 2.23. The summed E-state index contributed by atoms with van der Waals surface area (Å²) in [5, 5.41) is 1.24. The molecule has 0 saturated heterocycles. The van der Waals surface area contributed by atoms with Crippen LogP contribution in [0.5, 0.6) is 0 Å². The molecule has 0 amide bonds. The summed E-state index contributed by atoms with van der Waals surface area (Å²) < 4.78 is 0. The number of rotatable bonds is 3. The lowest BCUT2D eigenvalue weighted by Gasteiger charge is -2.24. The highest BCUT2D eigenvalue weighted by Crippen LogP contribution is 2.40. The number of benzene rings is 3. The van der Waals surface area contributed by atoms with Gasteiger partial charge in [0.15, 0.2) is 0 Å². The van der Waals surface area contributed by atoms with Crippen molar-refractivity contribution in [3.8, 4) is 0 Å². The minimum absolute atomic E-state index is 0.0724. The monoisotopic (exact) mass is 370 g/mol. The normalized spacial score (nSPS) is 11.1. The predicted octanol–water partition coefficient (Wildman–Crippen LogP) is 5.95. The molecule has 25 heavy (non-hydrogen) atoms. The number of anilines is 2. The average Bonchev–Trinajstić information content (AvgIpc) is 2.56. The molecule has 0 spiro atoms. The van der Waals surface area contributed by atoms with Crippen LogP contribution in [0.25, 0.3) is 0 Å². The van der Waals surface area contributed by atoms with Crippen LogP contribution < -0.4 is 11.5 Å². The molecule has 0 aliphatic carbocycles. The van der Waals surface area contributed by atoms with E-state index >= 15 is 0 Å². The van der Waals surface area contributed by atoms with E-state index in [-0.39, 0.29) is 5.92 Å². The van der Waals surface area contributed by atoms with Gasteiger partial charge in [0.2, 0.25) is 0 Å². The molecule has 0 aromatic heterocycles. The molecular weight excluding hydrogens is 351 g/mol. The Morgan fingerprint density at radius 2 is 1.20 bits per heavy atom. The summed E-state index contributed by atoms with van der Waals surface area (Å²) in [6.45, 7) is 4.15. The Kier molecular flexibility index (Phi) is 4.94. The van der Waals surface area contributed by atoms with Gasteiger partial charge in [0.05, 0.1) is 0 Å². The van der Waals surface area contributed by atoms with Gasteiger partial charge in [-0.1, -0.05) is 41.4 Å². The third kappa shape index (κ3) is 3.60. The van der Waals surface area contributed by atoms with E-state index in [2.05, 4.69) is 13.8 Å². The first kappa shape index (κ1) is 17.7. The zero-order valence-electron chi connectivity index (χ0n) is 14.2. The van der Waals surface area contributed by atoms with Gasteiger partial charge in [0.1, 0.15) is 0 Å². The first-order chi connectivity index (χ1) is 11.9. The van der Waals surface area contributed by atoms with Crippen molar-refractivity contribution < 1.29 is 0 Å². The minimum Gasteiger partial charge on any atom is -0.399 e. The van der Waals surface area contributed by atoms with Crippen LogP contribution in [-0.4, -0.2) is 0 Å². The van der Waals surface area contributed by atoms with Gasteiger partial charge < -0.3 is 11.5 Å². The Balaban J connectivity index is 2.32. The molecule has 4 N–H and O–H groups in total. The summed E-state index contributed by atoms with van der Waals surface area (Å²) in [5.41, 5.74) is 19.1. The molecule has 0 atom stereocenters. The van der Waals surface area contributed by atoms with Crippen molar-refractivity contribution >= 4 is 34.6 Å². The summed E-state index contributed by atoms with van der Waals surface area (Å²) >= 11 is 12.7. The first-order valence-corrected chi connectivity index (χ1v) is 8.79. The van der Waals surface area contributed by atoms with Gasteiger partial charge in [0, 0.05) is 27.3 Å². The fraction of sp³-hybridized carbons (Fsp3) is 0.143. The molecule has 0 unspecified atom stereocenters. The molecule has 4 heteroatoms. The van der Waals surface area contributed by atoms with Crippen LogP contribution >= 0.6 is 23.2 Å². The van der Waals surface area contributed by atoms with Crippen LogP contribution in [0.1, 0.15) is 33.7 Å². The van der Waals surface area contributed by atoms with Crippen LogP contribution in [0.15, 0.2) is 54.6 Å². The first-order valence-electron chi connectivity index (χ1n) is 8.04. The predicted molar refractivity (Wildman–Crippen MR) is 109 cm³/mol. The maximum atomic E-state index is 6.56. The third-order valence-electron chi connectivity index (χ3n) is 4.50. The number of nitrogens with two attached hydrogens (primary N) is 2. The van der Waals surface area contributed by atoms with Gasteiger partial charge in [-0.05, 0) is 78.1 Å². The zero-order valence-corrected chi connectivity index (χ0v) is 15.7. The van der Waals surface area contributed by atoms with E-state index in [9.17, 15) is 0 Å². The highest BCUT2D eigenvalue weighted by molar-refractivity contribution is 6.35. The molecule has 0 fully saturated rings. The number of aryl methyl sites for hydroxylation is 2. The Labute approximate surface area is 158 Å². The summed E-state index contributed by atoms with van der Waals surface area (Å²) in [6.07, 6.45) is 0. The van der Waals surface area contributed by atoms with Crippen molar-refractivity contribution in [1.82, 2.24) is 0 Å². The van der Waals surface area contributed by atoms with Gasteiger partial charge in [-0.3, -0.25) is 0 Å². The molecule has 0 aliphatic heterocycles. The van der Waals surface area contributed by atoms with Crippen molar-refractivity contribution in [2.45, 2.75) is 19.8 Å². The third-order valence-corrected chi connectivity index (χ3v) is 5.06. The average molecular weight is 371 g/mol. The largest absolute Gasteiger partial charge is 0.399 e. The second kappa shape index (κ2) is 6.99. The number of halogens is 2. The minimum atomic E-state index is -0.0724. The van der Waals surface area contributed by atoms with E-state index in [0.717, 1.165) is 39.2 Å². The summed E-state index contributed by atoms with van der Waals surface area (Å²) in [5.74, 6) is -0.0724. The van der Waals surface area contributed by atoms with Crippen LogP contribution in [0.3, 0.4) is 0 Å². The van der Waals surface area contributed by atoms with Crippen LogP contribution in [0, 0.1) is 13.8 Å². The quantitative estimate of drug-likeness (QED) is 0.441. The molecule has 0 radical (unpaired) electrons. The van der Waals surface area contributed by atoms with Gasteiger partial charge in [-0.2, -0.15) is 0 Å². The molecule has 0 aliphatic rings. The fourth-order valence-corrected chi connectivity index (χ4v) is 3.70. The Morgan fingerprint density at radius 1 is 0.680 bits per heavy atom. The molecule has 2 nitrogen and oxygen atoms in total. The van der Waals surface area contributed by atoms with Crippen LogP contribution in [-0.2, 0) is 0 Å². The molecule has 3 rings (SSSR count). The van der Waals surface area contributed by atoms with Gasteiger partial charge in [0.25, 0.3) is 0 Å². The molecule has 3 aromatic rings. The lowest BCUT2D eigenvalue weighted by molar-refractivity contribution is 0.951. The lowest BCUT2D eigenvalue weighted by atomic mass is 9.81. The van der Waals surface area contributed by atoms with Gasteiger partial charge >= 0.3 is 0 Å². The van der Waals surface area contributed by atoms with Crippen molar-refractivity contribution in [1.29, 1.82) is 0 Å². The van der Waals surface area contributed by atoms with E-state index in [1.165, 1.54) is 0 Å². The van der Waals surface area contributed by atoms with Crippen LogP contribution in [0.2, 0.25) is 10.0 Å². The second-order valence-electron chi connectivity index (χ2n) is 6.33. The summed E-state index contributed by atoms with van der Waals surface area (Å²) in [7, 11) is 0. The van der Waals surface area contributed by atoms with E-state index in [4.69, 9.17) is 34.7 Å². The molecule has 3 aromatic carbocycles. The molecule has 128 valence electrons. The number of hydrogen-bond acceptors (Lipinski definition) is 2. The topological polar surface area (TPSA) is 52.0 Å². The van der Waals surface area contributed by atoms with E-state index < -0.39 is 0 Å². The maximum Gasteiger partial charge on any atom is 0.0462 e. The SMILES string of the molecule is Cc1ccc(N)cc1C(c1cc(N)ccc1C)c1ccc(Cl)cc1Cl. The van der Waals surface area contributed by atoms with Gasteiger partial charge in [-0.25, -0.2) is 0 Å². The molecule has 0 heterocycles. The molecule has 0 bridgehead atoms. The van der Waals surface area contributed by atoms with Crippen molar-refractivity contribution in [3.63, 3.8) is 0 Å². The fourth-order valence-electron chi connectivity index (χ4n) is 3.18. The lowest BCUT2D eigenvalue weighted by Crippen LogP contribution is -2.09.